The average molecular weight is 359 g/mol. The summed E-state index contributed by atoms with van der Waals surface area (Å²) in [6.07, 6.45) is 1.86. The molecule has 0 bridgehead atoms. The Kier molecular flexibility index (Phi) is 7.31. The molecule has 0 fully saturated rings. The van der Waals surface area contributed by atoms with Crippen LogP contribution in [0.4, 0.5) is 5.69 Å². The molecule has 0 saturated carbocycles. The zero-order valence-electron chi connectivity index (χ0n) is 12.1. The molecule has 0 unspecified atom stereocenters. The Bertz CT molecular complexity index is 506. The van der Waals surface area contributed by atoms with Crippen LogP contribution in [0.2, 0.25) is 0 Å². The molecule has 7 heteroatoms. The van der Waals surface area contributed by atoms with Crippen molar-refractivity contribution in [2.75, 3.05) is 13.2 Å². The summed E-state index contributed by atoms with van der Waals surface area (Å²) in [4.78, 5) is 22.2. The second-order valence-electron chi connectivity index (χ2n) is 4.80. The molecule has 1 aromatic carbocycles. The van der Waals surface area contributed by atoms with Gasteiger partial charge in [0.25, 0.3) is 11.6 Å². The molecule has 6 nitrogen and oxygen atoms in total. The molecule has 0 atom stereocenters. The molecule has 0 aromatic heterocycles. The Balaban J connectivity index is 2.45. The monoisotopic (exact) mass is 358 g/mol. The van der Waals surface area contributed by atoms with Crippen molar-refractivity contribution in [2.24, 2.45) is 0 Å². The highest BCUT2D eigenvalue weighted by atomic mass is 79.9. The third-order valence-electron chi connectivity index (χ3n) is 2.71. The highest BCUT2D eigenvalue weighted by Crippen LogP contribution is 2.22. The number of unbranched alkanes of at least 4 members (excludes halogenated alkanes) is 1. The summed E-state index contributed by atoms with van der Waals surface area (Å²) in [7, 11) is 0. The molecule has 0 saturated heterocycles. The summed E-state index contributed by atoms with van der Waals surface area (Å²) >= 11 is 3.23. The van der Waals surface area contributed by atoms with Crippen molar-refractivity contribution in [3.05, 3.63) is 38.3 Å². The fourth-order valence-corrected chi connectivity index (χ4v) is 2.07. The quantitative estimate of drug-likeness (QED) is 0.439. The number of carbonyl (C=O) groups excluding carboxylic acids is 1. The number of nitro groups is 1. The fraction of sp³-hybridized carbons (Fsp3) is 0.500. The van der Waals surface area contributed by atoms with Crippen molar-refractivity contribution >= 4 is 27.5 Å². The molecule has 116 valence electrons. The molecular weight excluding hydrogens is 340 g/mol. The second kappa shape index (κ2) is 8.74. The minimum absolute atomic E-state index is 0.103. The van der Waals surface area contributed by atoms with Crippen molar-refractivity contribution in [2.45, 2.75) is 32.8 Å². The summed E-state index contributed by atoms with van der Waals surface area (Å²) in [5.74, 6) is -0.324. The Morgan fingerprint density at radius 3 is 2.76 bits per heavy atom. The summed E-state index contributed by atoms with van der Waals surface area (Å²) in [5.41, 5.74) is 0.163. The lowest BCUT2D eigenvalue weighted by Crippen LogP contribution is -2.25. The maximum atomic E-state index is 12.0. The predicted octanol–water partition coefficient (Wildman–Crippen LogP) is 3.29. The maximum Gasteiger partial charge on any atom is 0.270 e. The third kappa shape index (κ3) is 6.22. The molecule has 0 aliphatic heterocycles. The Morgan fingerprint density at radius 2 is 2.14 bits per heavy atom. The van der Waals surface area contributed by atoms with E-state index in [1.165, 1.54) is 18.2 Å². The summed E-state index contributed by atoms with van der Waals surface area (Å²) < 4.78 is 5.94. The number of halogens is 1. The number of nitrogens with zero attached hydrogens (tertiary/aromatic N) is 1. The standard InChI is InChI=1S/C14H19BrN2O4/c1-10(2)21-8-4-3-7-16-14(18)12-9-11(17(19)20)5-6-13(12)15/h5-6,9-10H,3-4,7-8H2,1-2H3,(H,16,18). The highest BCUT2D eigenvalue weighted by molar-refractivity contribution is 9.10. The van der Waals surface area contributed by atoms with Crippen LogP contribution in [0, 0.1) is 10.1 Å². The van der Waals surface area contributed by atoms with E-state index in [4.69, 9.17) is 4.74 Å². The summed E-state index contributed by atoms with van der Waals surface area (Å²) in [6, 6.07) is 4.12. The Labute approximate surface area is 132 Å². The van der Waals surface area contributed by atoms with Crippen molar-refractivity contribution in [3.63, 3.8) is 0 Å². The molecule has 0 spiro atoms. The summed E-state index contributed by atoms with van der Waals surface area (Å²) in [5, 5.41) is 13.5. The van der Waals surface area contributed by atoms with E-state index in [-0.39, 0.29) is 23.3 Å². The van der Waals surface area contributed by atoms with Crippen molar-refractivity contribution in [3.8, 4) is 0 Å². The van der Waals surface area contributed by atoms with E-state index < -0.39 is 4.92 Å². The van der Waals surface area contributed by atoms with Crippen LogP contribution in [0.1, 0.15) is 37.0 Å². The van der Waals surface area contributed by atoms with E-state index in [2.05, 4.69) is 21.2 Å². The van der Waals surface area contributed by atoms with Crippen LogP contribution in [-0.2, 0) is 4.74 Å². The van der Waals surface area contributed by atoms with Crippen LogP contribution in [-0.4, -0.2) is 30.1 Å². The van der Waals surface area contributed by atoms with Crippen molar-refractivity contribution in [1.29, 1.82) is 0 Å². The maximum absolute atomic E-state index is 12.0. The van der Waals surface area contributed by atoms with Gasteiger partial charge in [-0.2, -0.15) is 0 Å². The van der Waals surface area contributed by atoms with E-state index >= 15 is 0 Å². The van der Waals surface area contributed by atoms with Gasteiger partial charge in [0.15, 0.2) is 0 Å². The van der Waals surface area contributed by atoms with Gasteiger partial charge in [-0.25, -0.2) is 0 Å². The first kappa shape index (κ1) is 17.6. The first-order valence-corrected chi connectivity index (χ1v) is 7.55. The van der Waals surface area contributed by atoms with Crippen LogP contribution in [0.15, 0.2) is 22.7 Å². The number of amides is 1. The zero-order valence-corrected chi connectivity index (χ0v) is 13.7. The van der Waals surface area contributed by atoms with Gasteiger partial charge in [0.2, 0.25) is 0 Å². The molecule has 21 heavy (non-hydrogen) atoms. The van der Waals surface area contributed by atoms with Crippen LogP contribution >= 0.6 is 15.9 Å². The molecule has 1 N–H and O–H groups in total. The number of carbonyl (C=O) groups is 1. The lowest BCUT2D eigenvalue weighted by atomic mass is 10.2. The van der Waals surface area contributed by atoms with Gasteiger partial charge in [0.1, 0.15) is 0 Å². The van der Waals surface area contributed by atoms with Gasteiger partial charge in [-0.15, -0.1) is 0 Å². The largest absolute Gasteiger partial charge is 0.379 e. The van der Waals surface area contributed by atoms with E-state index in [9.17, 15) is 14.9 Å². The number of hydrogen-bond acceptors (Lipinski definition) is 4. The van der Waals surface area contributed by atoms with E-state index in [1.54, 1.807) is 0 Å². The predicted molar refractivity (Wildman–Crippen MR) is 83.5 cm³/mol. The van der Waals surface area contributed by atoms with Crippen LogP contribution < -0.4 is 5.32 Å². The zero-order chi connectivity index (χ0) is 15.8. The number of ether oxygens (including phenoxy) is 1. The van der Waals surface area contributed by atoms with Gasteiger partial charge in [-0.05, 0) is 48.7 Å². The van der Waals surface area contributed by atoms with Gasteiger partial charge in [0, 0.05) is 29.8 Å². The molecule has 0 radical (unpaired) electrons. The first-order chi connectivity index (χ1) is 9.91. The van der Waals surface area contributed by atoms with E-state index in [0.29, 0.717) is 17.6 Å². The topological polar surface area (TPSA) is 81.5 Å². The lowest BCUT2D eigenvalue weighted by molar-refractivity contribution is -0.384. The summed E-state index contributed by atoms with van der Waals surface area (Å²) in [6.45, 7) is 5.12. The number of nitro benzene ring substituents is 1. The van der Waals surface area contributed by atoms with Crippen LogP contribution in [0.3, 0.4) is 0 Å². The third-order valence-corrected chi connectivity index (χ3v) is 3.40. The second-order valence-corrected chi connectivity index (χ2v) is 5.66. The van der Waals surface area contributed by atoms with Gasteiger partial charge < -0.3 is 10.1 Å². The molecular formula is C14H19BrN2O4. The van der Waals surface area contributed by atoms with Gasteiger partial charge in [0.05, 0.1) is 16.6 Å². The Morgan fingerprint density at radius 1 is 1.43 bits per heavy atom. The van der Waals surface area contributed by atoms with Crippen LogP contribution in [0.5, 0.6) is 0 Å². The average Bonchev–Trinajstić information content (AvgIpc) is 2.42. The SMILES string of the molecule is CC(C)OCCCCNC(=O)c1cc([N+](=O)[O-])ccc1Br. The van der Waals surface area contributed by atoms with E-state index in [0.717, 1.165) is 12.8 Å². The van der Waals surface area contributed by atoms with Gasteiger partial charge >= 0.3 is 0 Å². The molecule has 0 aliphatic carbocycles. The van der Waals surface area contributed by atoms with Gasteiger partial charge in [-0.1, -0.05) is 0 Å². The van der Waals surface area contributed by atoms with Crippen molar-refractivity contribution < 1.29 is 14.5 Å². The number of benzene rings is 1. The van der Waals surface area contributed by atoms with E-state index in [1.807, 2.05) is 13.8 Å². The van der Waals surface area contributed by atoms with Crippen molar-refractivity contribution in [1.82, 2.24) is 5.32 Å². The highest BCUT2D eigenvalue weighted by Gasteiger charge is 2.14. The van der Waals surface area contributed by atoms with Gasteiger partial charge in [-0.3, -0.25) is 14.9 Å². The number of nitrogens with one attached hydrogen (secondary N) is 1. The molecule has 1 amide bonds. The number of non-ortho nitro benzene ring substituents is 1. The molecule has 1 aromatic rings. The number of rotatable bonds is 8. The molecule has 0 heterocycles. The minimum Gasteiger partial charge on any atom is -0.379 e. The van der Waals surface area contributed by atoms with Crippen LogP contribution in [0.25, 0.3) is 0 Å². The normalized spacial score (nSPS) is 10.7. The smallest absolute Gasteiger partial charge is 0.270 e. The first-order valence-electron chi connectivity index (χ1n) is 6.75. The molecule has 0 aliphatic rings. The fourth-order valence-electron chi connectivity index (χ4n) is 1.64. The lowest BCUT2D eigenvalue weighted by Gasteiger charge is -2.08. The Hall–Kier alpha value is -1.47. The minimum atomic E-state index is -0.521. The number of hydrogen-bond donors (Lipinski definition) is 1. The molecule has 1 rings (SSSR count).